The monoisotopic (exact) mass is 475 g/mol. The minimum Gasteiger partial charge on any atom is -0.462 e. The second-order valence-corrected chi connectivity index (χ2v) is 8.80. The highest BCUT2D eigenvalue weighted by molar-refractivity contribution is 6.30. The van der Waals surface area contributed by atoms with Crippen molar-refractivity contribution in [1.82, 2.24) is 9.97 Å². The van der Waals surface area contributed by atoms with Crippen LogP contribution < -0.4 is 9.91 Å². The van der Waals surface area contributed by atoms with Crippen LogP contribution in [0.25, 0.3) is 0 Å². The second kappa shape index (κ2) is 9.81. The van der Waals surface area contributed by atoms with Gasteiger partial charge in [-0.1, -0.05) is 54.1 Å². The van der Waals surface area contributed by atoms with E-state index >= 15 is 0 Å². The number of benzene rings is 2. The molecule has 1 saturated heterocycles. The molecule has 2 aromatic carbocycles. The molecule has 1 fully saturated rings. The number of rotatable bonds is 6. The van der Waals surface area contributed by atoms with E-state index < -0.39 is 5.97 Å². The number of carbonyl (C=O) groups excluding carboxylic acids is 1. The molecule has 0 aliphatic carbocycles. The van der Waals surface area contributed by atoms with Gasteiger partial charge in [0.2, 0.25) is 5.95 Å². The molecule has 5 rings (SSSR count). The van der Waals surface area contributed by atoms with Crippen LogP contribution in [0.1, 0.15) is 47.2 Å². The summed E-state index contributed by atoms with van der Waals surface area (Å²) >= 11 is 6.14. The van der Waals surface area contributed by atoms with Gasteiger partial charge < -0.3 is 9.64 Å². The number of aromatic nitrogens is 2. The average Bonchev–Trinajstić information content (AvgIpc) is 3.56. The molecule has 1 unspecified atom stereocenters. The molecule has 174 valence electrons. The zero-order valence-electron chi connectivity index (χ0n) is 19.0. The first-order valence-corrected chi connectivity index (χ1v) is 12.0. The van der Waals surface area contributed by atoms with Crippen molar-refractivity contribution in [2.24, 2.45) is 5.10 Å². The van der Waals surface area contributed by atoms with E-state index in [-0.39, 0.29) is 12.5 Å². The van der Waals surface area contributed by atoms with Gasteiger partial charge in [-0.3, -0.25) is 0 Å². The van der Waals surface area contributed by atoms with Gasteiger partial charge in [-0.25, -0.2) is 14.8 Å². The molecule has 0 spiro atoms. The molecule has 34 heavy (non-hydrogen) atoms. The molecule has 2 aliphatic rings. The molecule has 1 aromatic heterocycles. The molecule has 0 N–H and O–H groups in total. The third-order valence-corrected chi connectivity index (χ3v) is 6.39. The van der Waals surface area contributed by atoms with Crippen molar-refractivity contribution in [2.45, 2.75) is 25.7 Å². The zero-order chi connectivity index (χ0) is 23.5. The smallest absolute Gasteiger partial charge is 0.343 e. The van der Waals surface area contributed by atoms with Crippen molar-refractivity contribution >= 4 is 35.0 Å². The van der Waals surface area contributed by atoms with Crippen LogP contribution in [0.3, 0.4) is 0 Å². The molecule has 0 radical (unpaired) electrons. The molecule has 2 aliphatic heterocycles. The fourth-order valence-electron chi connectivity index (χ4n) is 4.44. The quantitative estimate of drug-likeness (QED) is 0.471. The van der Waals surface area contributed by atoms with Crippen molar-refractivity contribution in [2.75, 3.05) is 36.1 Å². The van der Waals surface area contributed by atoms with E-state index in [4.69, 9.17) is 26.4 Å². The molecule has 0 amide bonds. The number of esters is 1. The Morgan fingerprint density at radius 1 is 1.09 bits per heavy atom. The Labute approximate surface area is 204 Å². The Morgan fingerprint density at radius 2 is 1.82 bits per heavy atom. The van der Waals surface area contributed by atoms with Gasteiger partial charge >= 0.3 is 5.97 Å². The van der Waals surface area contributed by atoms with Crippen LogP contribution >= 0.6 is 11.6 Å². The average molecular weight is 476 g/mol. The van der Waals surface area contributed by atoms with Crippen LogP contribution in [0, 0.1) is 0 Å². The number of hydrogen-bond acceptors (Lipinski definition) is 7. The lowest BCUT2D eigenvalue weighted by atomic mass is 9.91. The van der Waals surface area contributed by atoms with E-state index in [2.05, 4.69) is 22.0 Å². The van der Waals surface area contributed by atoms with E-state index in [9.17, 15) is 4.79 Å². The Kier molecular flexibility index (Phi) is 6.45. The van der Waals surface area contributed by atoms with E-state index in [1.165, 1.54) is 0 Å². The van der Waals surface area contributed by atoms with Gasteiger partial charge in [0.1, 0.15) is 5.56 Å². The summed E-state index contributed by atoms with van der Waals surface area (Å²) in [5.41, 5.74) is 3.34. The van der Waals surface area contributed by atoms with Gasteiger partial charge in [0, 0.05) is 30.2 Å². The maximum Gasteiger partial charge on any atom is 0.343 e. The van der Waals surface area contributed by atoms with Gasteiger partial charge in [-0.15, -0.1) is 0 Å². The lowest BCUT2D eigenvalue weighted by Crippen LogP contribution is -2.25. The number of hydrazone groups is 1. The van der Waals surface area contributed by atoms with E-state index in [1.807, 2.05) is 47.5 Å². The maximum atomic E-state index is 12.8. The summed E-state index contributed by atoms with van der Waals surface area (Å²) in [7, 11) is 0. The Bertz CT molecular complexity index is 1190. The largest absolute Gasteiger partial charge is 0.462 e. The summed E-state index contributed by atoms with van der Waals surface area (Å²) in [5.74, 6) is 0.645. The third kappa shape index (κ3) is 4.48. The fourth-order valence-corrected chi connectivity index (χ4v) is 4.57. The van der Waals surface area contributed by atoms with Crippen molar-refractivity contribution < 1.29 is 9.53 Å². The summed E-state index contributed by atoms with van der Waals surface area (Å²) in [6.45, 7) is 4.42. The number of nitrogens with zero attached hydrogens (tertiary/aromatic N) is 5. The van der Waals surface area contributed by atoms with Crippen LogP contribution in [0.15, 0.2) is 65.9 Å². The predicted molar refractivity (Wildman–Crippen MR) is 134 cm³/mol. The molecule has 0 bridgehead atoms. The zero-order valence-corrected chi connectivity index (χ0v) is 19.8. The standard InChI is InChI=1S/C26H26ClN5O2/c1-2-34-25(33)21-16-28-26(31-14-6-7-15-31)29-24(21)32-17-22(18-8-4-3-5-9-18)23(30-32)19-10-12-20(27)13-11-19/h3-5,8-13,16,22H,2,6-7,14-15,17H2,1H3. The van der Waals surface area contributed by atoms with Gasteiger partial charge in [0.25, 0.3) is 0 Å². The summed E-state index contributed by atoms with van der Waals surface area (Å²) in [4.78, 5) is 24.2. The normalized spacial score (nSPS) is 17.7. The van der Waals surface area contributed by atoms with Gasteiger partial charge in [-0.05, 0) is 43.0 Å². The van der Waals surface area contributed by atoms with Crippen molar-refractivity contribution in [3.63, 3.8) is 0 Å². The summed E-state index contributed by atoms with van der Waals surface area (Å²) in [5, 5.41) is 7.46. The molecular weight excluding hydrogens is 450 g/mol. The molecule has 3 aromatic rings. The minimum atomic E-state index is -0.447. The number of halogens is 1. The number of anilines is 2. The second-order valence-electron chi connectivity index (χ2n) is 8.36. The van der Waals surface area contributed by atoms with E-state index in [0.29, 0.717) is 28.9 Å². The Balaban J connectivity index is 1.59. The predicted octanol–water partition coefficient (Wildman–Crippen LogP) is 4.92. The highest BCUT2D eigenvalue weighted by Gasteiger charge is 2.33. The van der Waals surface area contributed by atoms with Crippen LogP contribution in [-0.2, 0) is 4.74 Å². The van der Waals surface area contributed by atoms with Crippen LogP contribution in [-0.4, -0.2) is 47.9 Å². The molecule has 0 saturated carbocycles. The highest BCUT2D eigenvalue weighted by atomic mass is 35.5. The highest BCUT2D eigenvalue weighted by Crippen LogP contribution is 2.34. The van der Waals surface area contributed by atoms with Crippen LogP contribution in [0.5, 0.6) is 0 Å². The van der Waals surface area contributed by atoms with E-state index in [1.54, 1.807) is 13.1 Å². The molecular formula is C26H26ClN5O2. The number of hydrogen-bond donors (Lipinski definition) is 0. The minimum absolute atomic E-state index is 0.00243. The Morgan fingerprint density at radius 3 is 2.53 bits per heavy atom. The van der Waals surface area contributed by atoms with Gasteiger partial charge in [0.15, 0.2) is 5.82 Å². The molecule has 8 heteroatoms. The number of carbonyl (C=O) groups is 1. The fraction of sp³-hybridized carbons (Fsp3) is 0.308. The summed E-state index contributed by atoms with van der Waals surface area (Å²) in [6, 6.07) is 17.9. The first-order chi connectivity index (χ1) is 16.6. The molecule has 7 nitrogen and oxygen atoms in total. The summed E-state index contributed by atoms with van der Waals surface area (Å²) < 4.78 is 5.31. The first-order valence-electron chi connectivity index (χ1n) is 11.6. The van der Waals surface area contributed by atoms with Gasteiger partial charge in [-0.2, -0.15) is 10.1 Å². The lowest BCUT2D eigenvalue weighted by molar-refractivity contribution is 0.0526. The van der Waals surface area contributed by atoms with Crippen molar-refractivity contribution in [1.29, 1.82) is 0 Å². The topological polar surface area (TPSA) is 70.9 Å². The van der Waals surface area contributed by atoms with Crippen LogP contribution in [0.2, 0.25) is 5.02 Å². The van der Waals surface area contributed by atoms with Crippen molar-refractivity contribution in [3.05, 3.63) is 82.5 Å². The maximum absolute atomic E-state index is 12.8. The third-order valence-electron chi connectivity index (χ3n) is 6.14. The molecule has 3 heterocycles. The lowest BCUT2D eigenvalue weighted by Gasteiger charge is -2.21. The summed E-state index contributed by atoms with van der Waals surface area (Å²) in [6.07, 6.45) is 3.79. The Hall–Kier alpha value is -3.45. The molecule has 1 atom stereocenters. The number of ether oxygens (including phenoxy) is 1. The van der Waals surface area contributed by atoms with E-state index in [0.717, 1.165) is 42.8 Å². The SMILES string of the molecule is CCOC(=O)c1cnc(N2CCCC2)nc1N1CC(c2ccccc2)C(c2ccc(Cl)cc2)=N1. The first kappa shape index (κ1) is 22.3. The van der Waals surface area contributed by atoms with Crippen molar-refractivity contribution in [3.8, 4) is 0 Å². The van der Waals surface area contributed by atoms with Gasteiger partial charge in [0.05, 0.1) is 18.9 Å². The van der Waals surface area contributed by atoms with Crippen LogP contribution in [0.4, 0.5) is 11.8 Å².